The molecule has 19 heteroatoms. The van der Waals surface area contributed by atoms with Crippen LogP contribution in [-0.4, -0.2) is 60.2 Å². The Morgan fingerprint density at radius 3 is 1.29 bits per heavy atom. The maximum Gasteiger partial charge on any atom is 0.438 e. The second kappa shape index (κ2) is 14.1. The lowest BCUT2D eigenvalue weighted by atomic mass is 9.56. The molecule has 0 aliphatic heterocycles. The van der Waals surface area contributed by atoms with Gasteiger partial charge in [-0.1, -0.05) is 61.3 Å². The molecule has 0 fully saturated rings. The largest absolute Gasteiger partial charge is 0.465 e. The van der Waals surface area contributed by atoms with Gasteiger partial charge in [-0.05, 0) is 49.4 Å². The van der Waals surface area contributed by atoms with Gasteiger partial charge < -0.3 is 4.74 Å². The van der Waals surface area contributed by atoms with E-state index in [1.807, 2.05) is 20.8 Å². The van der Waals surface area contributed by atoms with Crippen molar-refractivity contribution < 1.29 is 84.2 Å². The van der Waals surface area contributed by atoms with Crippen molar-refractivity contribution in [3.05, 3.63) is 0 Å². The average Bonchev–Trinajstić information content (AvgIpc) is 2.95. The van der Waals surface area contributed by atoms with E-state index in [1.54, 1.807) is 27.7 Å². The first-order chi connectivity index (χ1) is 21.0. The minimum absolute atomic E-state index is 0.277. The van der Waals surface area contributed by atoms with Gasteiger partial charge in [-0.25, -0.2) is 4.39 Å². The SMILES string of the molecule is CCC(C)(CC)CC(C)(C(=O)OCC(C)CCC(F)(F)C(F)(F)C(F)(F)C(F)(F)C(F)(F)C(F)(C(F)(F)F)C(F)(F)F)C(C)(CC)CC. The molecule has 0 aliphatic rings. The quantitative estimate of drug-likeness (QED) is 0.103. The van der Waals surface area contributed by atoms with Crippen molar-refractivity contribution in [3.8, 4) is 0 Å². The number of ether oxygens (including phenoxy) is 1. The van der Waals surface area contributed by atoms with Crippen molar-refractivity contribution in [2.45, 2.75) is 148 Å². The minimum atomic E-state index is -8.79. The maximum atomic E-state index is 14.4. The van der Waals surface area contributed by atoms with Crippen LogP contribution in [0.25, 0.3) is 0 Å². The fourth-order valence-corrected chi connectivity index (χ4v) is 5.32. The number of esters is 1. The highest BCUT2D eigenvalue weighted by Crippen LogP contribution is 2.65. The minimum Gasteiger partial charge on any atom is -0.465 e. The Morgan fingerprint density at radius 2 is 0.958 bits per heavy atom. The first-order valence-corrected chi connectivity index (χ1v) is 14.9. The Kier molecular flexibility index (Phi) is 13.6. The van der Waals surface area contributed by atoms with Crippen LogP contribution in [-0.2, 0) is 9.53 Å². The molecule has 0 amide bonds. The van der Waals surface area contributed by atoms with Crippen molar-refractivity contribution in [3.63, 3.8) is 0 Å². The number of halogens is 17. The molecule has 0 aromatic heterocycles. The number of carbonyl (C=O) groups is 1. The van der Waals surface area contributed by atoms with E-state index in [-0.39, 0.29) is 11.8 Å². The third-order valence-corrected chi connectivity index (χ3v) is 10.1. The first kappa shape index (κ1) is 46.3. The number of rotatable bonds is 18. The molecule has 0 aromatic carbocycles. The summed E-state index contributed by atoms with van der Waals surface area (Å²) >= 11 is 0. The summed E-state index contributed by atoms with van der Waals surface area (Å²) < 4.78 is 236. The molecule has 0 radical (unpaired) electrons. The van der Waals surface area contributed by atoms with E-state index in [0.29, 0.717) is 25.7 Å². The second-order valence-electron chi connectivity index (χ2n) is 13.2. The van der Waals surface area contributed by atoms with E-state index in [1.165, 1.54) is 0 Å². The van der Waals surface area contributed by atoms with Crippen LogP contribution in [0.1, 0.15) is 100 Å². The molecule has 0 saturated heterocycles. The molecule has 0 N–H and O–H groups in total. The van der Waals surface area contributed by atoms with Crippen molar-refractivity contribution in [2.75, 3.05) is 6.61 Å². The van der Waals surface area contributed by atoms with Gasteiger partial charge in [0.15, 0.2) is 0 Å². The van der Waals surface area contributed by atoms with Gasteiger partial charge in [0, 0.05) is 6.42 Å². The Hall–Kier alpha value is -1.72. The summed E-state index contributed by atoms with van der Waals surface area (Å²) in [4.78, 5) is 13.4. The van der Waals surface area contributed by atoms with Gasteiger partial charge in [0.2, 0.25) is 0 Å². The normalized spacial score (nSPS) is 17.3. The average molecular weight is 745 g/mol. The predicted molar refractivity (Wildman–Crippen MR) is 140 cm³/mol. The molecule has 2 nitrogen and oxygen atoms in total. The van der Waals surface area contributed by atoms with Crippen LogP contribution >= 0.6 is 0 Å². The molecule has 0 rings (SSSR count). The number of alkyl halides is 17. The van der Waals surface area contributed by atoms with E-state index in [9.17, 15) is 79.4 Å². The smallest absolute Gasteiger partial charge is 0.438 e. The summed E-state index contributed by atoms with van der Waals surface area (Å²) in [5, 5.41) is 0. The molecule has 2 unspecified atom stereocenters. The highest BCUT2D eigenvalue weighted by atomic mass is 19.4. The van der Waals surface area contributed by atoms with Gasteiger partial charge in [-0.3, -0.25) is 4.79 Å². The fraction of sp³-hybridized carbons (Fsp3) is 0.966. The molecule has 0 aliphatic carbocycles. The van der Waals surface area contributed by atoms with Crippen molar-refractivity contribution in [2.24, 2.45) is 22.2 Å². The lowest BCUT2D eigenvalue weighted by Gasteiger charge is -2.48. The zero-order chi connectivity index (χ0) is 39.0. The standard InChI is InChI=1S/C29H41F17O2/c1-9-19(6,10-2)16-21(8,20(7,11-3)12-4)18(47)48-15-17(5)13-14-22(30,31)24(33,34)26(37,38)27(39,40)25(35,36)23(32,28(41,42)43)29(44,45)46/h17H,9-16H2,1-8H3. The number of hydrogen-bond acceptors (Lipinski definition) is 2. The molecule has 0 spiro atoms. The van der Waals surface area contributed by atoms with Crippen LogP contribution in [0.15, 0.2) is 0 Å². The third-order valence-electron chi connectivity index (χ3n) is 10.1. The Morgan fingerprint density at radius 1 is 0.583 bits per heavy atom. The summed E-state index contributed by atoms with van der Waals surface area (Å²) in [5.41, 5.74) is -10.9. The second-order valence-corrected chi connectivity index (χ2v) is 13.2. The van der Waals surface area contributed by atoms with E-state index in [2.05, 4.69) is 0 Å². The highest BCUT2D eigenvalue weighted by molar-refractivity contribution is 5.77. The van der Waals surface area contributed by atoms with Crippen LogP contribution in [0, 0.1) is 22.2 Å². The lowest BCUT2D eigenvalue weighted by molar-refractivity contribution is -0.465. The van der Waals surface area contributed by atoms with Crippen LogP contribution in [0.5, 0.6) is 0 Å². The van der Waals surface area contributed by atoms with E-state index in [0.717, 1.165) is 6.92 Å². The fourth-order valence-electron chi connectivity index (χ4n) is 5.32. The molecule has 0 bridgehead atoms. The molecule has 288 valence electrons. The van der Waals surface area contributed by atoms with Gasteiger partial charge in [-0.15, -0.1) is 0 Å². The van der Waals surface area contributed by atoms with E-state index >= 15 is 0 Å². The van der Waals surface area contributed by atoms with Gasteiger partial charge in [0.25, 0.3) is 0 Å². The Balaban J connectivity index is 6.31. The molecule has 48 heavy (non-hydrogen) atoms. The molecular weight excluding hydrogens is 703 g/mol. The van der Waals surface area contributed by atoms with Crippen LogP contribution in [0.3, 0.4) is 0 Å². The molecular formula is C29H41F17O2. The molecule has 0 saturated carbocycles. The zero-order valence-corrected chi connectivity index (χ0v) is 27.5. The summed E-state index contributed by atoms with van der Waals surface area (Å²) in [5.74, 6) is -42.4. The summed E-state index contributed by atoms with van der Waals surface area (Å²) in [6, 6.07) is 0. The summed E-state index contributed by atoms with van der Waals surface area (Å²) in [7, 11) is 0. The van der Waals surface area contributed by atoms with Crippen molar-refractivity contribution >= 4 is 5.97 Å². The molecule has 0 aromatic rings. The van der Waals surface area contributed by atoms with Gasteiger partial charge in [-0.2, -0.15) is 70.2 Å². The molecule has 0 heterocycles. The van der Waals surface area contributed by atoms with Crippen molar-refractivity contribution in [1.82, 2.24) is 0 Å². The highest BCUT2D eigenvalue weighted by Gasteiger charge is 2.97. The summed E-state index contributed by atoms with van der Waals surface area (Å²) in [6.07, 6.45) is -17.8. The van der Waals surface area contributed by atoms with E-state index < -0.39 is 89.8 Å². The topological polar surface area (TPSA) is 26.3 Å². The lowest BCUT2D eigenvalue weighted by Crippen LogP contribution is -2.76. The van der Waals surface area contributed by atoms with Gasteiger partial charge in [0.05, 0.1) is 12.0 Å². The van der Waals surface area contributed by atoms with Gasteiger partial charge in [0.1, 0.15) is 0 Å². The predicted octanol–water partition coefficient (Wildman–Crippen LogP) is 12.0. The maximum absolute atomic E-state index is 14.4. The Labute approximate surface area is 267 Å². The van der Waals surface area contributed by atoms with Crippen LogP contribution in [0.2, 0.25) is 0 Å². The zero-order valence-electron chi connectivity index (χ0n) is 27.5. The monoisotopic (exact) mass is 744 g/mol. The third kappa shape index (κ3) is 7.48. The van der Waals surface area contributed by atoms with Crippen LogP contribution in [0.4, 0.5) is 74.6 Å². The van der Waals surface area contributed by atoms with Gasteiger partial charge >= 0.3 is 53.6 Å². The number of carbonyl (C=O) groups excluding carboxylic acids is 1. The first-order valence-electron chi connectivity index (χ1n) is 14.9. The van der Waals surface area contributed by atoms with E-state index in [4.69, 9.17) is 4.74 Å². The number of hydrogen-bond donors (Lipinski definition) is 0. The van der Waals surface area contributed by atoms with Crippen LogP contribution < -0.4 is 0 Å². The van der Waals surface area contributed by atoms with Crippen molar-refractivity contribution in [1.29, 1.82) is 0 Å². The summed E-state index contributed by atoms with van der Waals surface area (Å²) in [6.45, 7) is 12.8. The Bertz CT molecular complexity index is 1060. The molecule has 2 atom stereocenters.